The molecular weight excluding hydrogens is 184 g/mol. The first-order valence-corrected chi connectivity index (χ1v) is 4.22. The molecule has 0 radical (unpaired) electrons. The van der Waals surface area contributed by atoms with E-state index in [2.05, 4.69) is 5.32 Å². The van der Waals surface area contributed by atoms with Gasteiger partial charge in [0, 0.05) is 18.7 Å². The number of rotatable bonds is 4. The molecule has 5 heteroatoms. The van der Waals surface area contributed by atoms with Crippen molar-refractivity contribution in [2.24, 2.45) is 0 Å². The SMILES string of the molecule is CNCC(O)c1cccc([N+](=O)[O-])c1. The third kappa shape index (κ3) is 2.51. The first kappa shape index (κ1) is 10.6. The molecule has 0 fully saturated rings. The molecule has 0 spiro atoms. The minimum atomic E-state index is -0.708. The summed E-state index contributed by atoms with van der Waals surface area (Å²) in [5.74, 6) is 0. The fraction of sp³-hybridized carbons (Fsp3) is 0.333. The molecule has 5 nitrogen and oxygen atoms in total. The lowest BCUT2D eigenvalue weighted by atomic mass is 10.1. The van der Waals surface area contributed by atoms with E-state index < -0.39 is 11.0 Å². The molecule has 2 N–H and O–H groups in total. The Labute approximate surface area is 81.5 Å². The van der Waals surface area contributed by atoms with Crippen LogP contribution in [-0.2, 0) is 0 Å². The van der Waals surface area contributed by atoms with Crippen LogP contribution < -0.4 is 5.32 Å². The van der Waals surface area contributed by atoms with Crippen LogP contribution in [-0.4, -0.2) is 23.6 Å². The number of likely N-dealkylation sites (N-methyl/N-ethyl adjacent to an activating group) is 1. The summed E-state index contributed by atoms with van der Waals surface area (Å²) in [6.07, 6.45) is -0.708. The predicted octanol–water partition coefficient (Wildman–Crippen LogP) is 0.848. The molecule has 0 bridgehead atoms. The number of benzene rings is 1. The van der Waals surface area contributed by atoms with E-state index in [1.165, 1.54) is 12.1 Å². The monoisotopic (exact) mass is 196 g/mol. The maximum atomic E-state index is 10.4. The lowest BCUT2D eigenvalue weighted by Crippen LogP contribution is -2.16. The third-order valence-electron chi connectivity index (χ3n) is 1.86. The van der Waals surface area contributed by atoms with E-state index in [4.69, 9.17) is 0 Å². The lowest BCUT2D eigenvalue weighted by molar-refractivity contribution is -0.385. The molecule has 0 aliphatic carbocycles. The Morgan fingerprint density at radius 2 is 2.36 bits per heavy atom. The van der Waals surface area contributed by atoms with Gasteiger partial charge in [0.1, 0.15) is 0 Å². The Balaban J connectivity index is 2.87. The smallest absolute Gasteiger partial charge is 0.269 e. The van der Waals surface area contributed by atoms with Crippen molar-refractivity contribution in [3.63, 3.8) is 0 Å². The summed E-state index contributed by atoms with van der Waals surface area (Å²) in [5.41, 5.74) is 0.547. The fourth-order valence-electron chi connectivity index (χ4n) is 1.16. The van der Waals surface area contributed by atoms with Crippen LogP contribution in [0.15, 0.2) is 24.3 Å². The number of nitrogens with zero attached hydrogens (tertiary/aromatic N) is 1. The number of hydrogen-bond donors (Lipinski definition) is 2. The van der Waals surface area contributed by atoms with Crippen molar-refractivity contribution in [2.45, 2.75) is 6.10 Å². The van der Waals surface area contributed by atoms with Gasteiger partial charge in [0.25, 0.3) is 5.69 Å². The zero-order valence-electron chi connectivity index (χ0n) is 7.80. The van der Waals surface area contributed by atoms with Gasteiger partial charge in [-0.15, -0.1) is 0 Å². The van der Waals surface area contributed by atoms with Gasteiger partial charge in [0.05, 0.1) is 11.0 Å². The third-order valence-corrected chi connectivity index (χ3v) is 1.86. The van der Waals surface area contributed by atoms with Crippen LogP contribution in [0.2, 0.25) is 0 Å². The van der Waals surface area contributed by atoms with Gasteiger partial charge < -0.3 is 10.4 Å². The van der Waals surface area contributed by atoms with Crippen LogP contribution in [0.4, 0.5) is 5.69 Å². The lowest BCUT2D eigenvalue weighted by Gasteiger charge is -2.09. The summed E-state index contributed by atoms with van der Waals surface area (Å²) in [7, 11) is 1.71. The van der Waals surface area contributed by atoms with E-state index in [1.54, 1.807) is 19.2 Å². The van der Waals surface area contributed by atoms with Crippen molar-refractivity contribution in [2.75, 3.05) is 13.6 Å². The van der Waals surface area contributed by atoms with Gasteiger partial charge in [-0.3, -0.25) is 10.1 Å². The molecule has 0 saturated carbocycles. The molecule has 1 atom stereocenters. The largest absolute Gasteiger partial charge is 0.387 e. The quantitative estimate of drug-likeness (QED) is 0.553. The van der Waals surface area contributed by atoms with Crippen LogP contribution in [0.5, 0.6) is 0 Å². The second-order valence-corrected chi connectivity index (χ2v) is 2.93. The molecule has 0 aromatic heterocycles. The summed E-state index contributed by atoms with van der Waals surface area (Å²) < 4.78 is 0. The normalized spacial score (nSPS) is 12.4. The van der Waals surface area contributed by atoms with Gasteiger partial charge in [0.2, 0.25) is 0 Å². The van der Waals surface area contributed by atoms with Crippen LogP contribution >= 0.6 is 0 Å². The molecule has 0 aliphatic rings. The Morgan fingerprint density at radius 3 is 2.93 bits per heavy atom. The standard InChI is InChI=1S/C9H12N2O3/c1-10-6-9(12)7-3-2-4-8(5-7)11(13)14/h2-5,9-10,12H,6H2,1H3. The maximum absolute atomic E-state index is 10.4. The summed E-state index contributed by atoms with van der Waals surface area (Å²) in [4.78, 5) is 9.97. The van der Waals surface area contributed by atoms with E-state index >= 15 is 0 Å². The number of nitrogens with one attached hydrogen (secondary N) is 1. The first-order valence-electron chi connectivity index (χ1n) is 4.22. The van der Waals surface area contributed by atoms with E-state index in [0.29, 0.717) is 12.1 Å². The number of nitro benzene ring substituents is 1. The average molecular weight is 196 g/mol. The first-order chi connectivity index (χ1) is 6.65. The molecule has 14 heavy (non-hydrogen) atoms. The van der Waals surface area contributed by atoms with Crippen LogP contribution in [0.25, 0.3) is 0 Å². The van der Waals surface area contributed by atoms with Gasteiger partial charge in [-0.1, -0.05) is 12.1 Å². The number of aliphatic hydroxyl groups is 1. The number of aliphatic hydroxyl groups excluding tert-OH is 1. The Kier molecular flexibility index (Phi) is 3.55. The summed E-state index contributed by atoms with van der Waals surface area (Å²) in [6.45, 7) is 0.376. The van der Waals surface area contributed by atoms with Crippen molar-refractivity contribution in [1.82, 2.24) is 5.32 Å². The zero-order valence-corrected chi connectivity index (χ0v) is 7.80. The molecular formula is C9H12N2O3. The fourth-order valence-corrected chi connectivity index (χ4v) is 1.16. The molecule has 76 valence electrons. The highest BCUT2D eigenvalue weighted by Gasteiger charge is 2.10. The minimum absolute atomic E-state index is 0.00217. The molecule has 1 aromatic rings. The second kappa shape index (κ2) is 4.69. The molecule has 1 rings (SSSR count). The molecule has 0 saturated heterocycles. The average Bonchev–Trinajstić information content (AvgIpc) is 2.18. The molecule has 1 unspecified atom stereocenters. The number of hydrogen-bond acceptors (Lipinski definition) is 4. The van der Waals surface area contributed by atoms with Crippen molar-refractivity contribution in [3.05, 3.63) is 39.9 Å². The highest BCUT2D eigenvalue weighted by Crippen LogP contribution is 2.18. The van der Waals surface area contributed by atoms with Gasteiger partial charge >= 0.3 is 0 Å². The van der Waals surface area contributed by atoms with Gasteiger partial charge in [-0.05, 0) is 12.6 Å². The second-order valence-electron chi connectivity index (χ2n) is 2.93. The zero-order chi connectivity index (χ0) is 10.6. The Bertz CT molecular complexity index is 328. The van der Waals surface area contributed by atoms with Gasteiger partial charge in [-0.2, -0.15) is 0 Å². The molecule has 0 heterocycles. The Morgan fingerprint density at radius 1 is 1.64 bits per heavy atom. The van der Waals surface area contributed by atoms with E-state index in [-0.39, 0.29) is 5.69 Å². The summed E-state index contributed by atoms with van der Waals surface area (Å²) >= 11 is 0. The topological polar surface area (TPSA) is 75.4 Å². The molecule has 0 amide bonds. The maximum Gasteiger partial charge on any atom is 0.269 e. The highest BCUT2D eigenvalue weighted by molar-refractivity contribution is 5.35. The van der Waals surface area contributed by atoms with E-state index in [0.717, 1.165) is 0 Å². The minimum Gasteiger partial charge on any atom is -0.387 e. The van der Waals surface area contributed by atoms with Crippen molar-refractivity contribution >= 4 is 5.69 Å². The summed E-state index contributed by atoms with van der Waals surface area (Å²) in [5, 5.41) is 22.8. The number of nitro groups is 1. The van der Waals surface area contributed by atoms with Gasteiger partial charge in [-0.25, -0.2) is 0 Å². The van der Waals surface area contributed by atoms with Crippen LogP contribution in [0.1, 0.15) is 11.7 Å². The molecule has 1 aromatic carbocycles. The Hall–Kier alpha value is -1.46. The van der Waals surface area contributed by atoms with E-state index in [9.17, 15) is 15.2 Å². The van der Waals surface area contributed by atoms with Crippen molar-refractivity contribution in [3.8, 4) is 0 Å². The predicted molar refractivity (Wildman–Crippen MR) is 52.0 cm³/mol. The van der Waals surface area contributed by atoms with Gasteiger partial charge in [0.15, 0.2) is 0 Å². The van der Waals surface area contributed by atoms with Crippen molar-refractivity contribution in [1.29, 1.82) is 0 Å². The van der Waals surface area contributed by atoms with Crippen LogP contribution in [0.3, 0.4) is 0 Å². The van der Waals surface area contributed by atoms with E-state index in [1.807, 2.05) is 0 Å². The summed E-state index contributed by atoms with van der Waals surface area (Å²) in [6, 6.07) is 6.00. The number of non-ortho nitro benzene ring substituents is 1. The molecule has 0 aliphatic heterocycles. The van der Waals surface area contributed by atoms with Crippen LogP contribution in [0, 0.1) is 10.1 Å². The highest BCUT2D eigenvalue weighted by atomic mass is 16.6. The van der Waals surface area contributed by atoms with Crippen molar-refractivity contribution < 1.29 is 10.0 Å².